The summed E-state index contributed by atoms with van der Waals surface area (Å²) in [5.74, 6) is -2.62. The van der Waals surface area contributed by atoms with Crippen LogP contribution < -0.4 is 0 Å². The first kappa shape index (κ1) is 39.6. The van der Waals surface area contributed by atoms with Gasteiger partial charge in [0, 0.05) is 32.3 Å². The van der Waals surface area contributed by atoms with Gasteiger partial charge in [0.25, 0.3) is 0 Å². The van der Waals surface area contributed by atoms with Crippen LogP contribution in [0.2, 0.25) is 0 Å². The number of rotatable bonds is 27. The van der Waals surface area contributed by atoms with E-state index in [-0.39, 0.29) is 39.3 Å². The maximum absolute atomic E-state index is 13.3. The molecule has 0 amide bonds. The molecule has 0 spiro atoms. The molecule has 3 unspecified atom stereocenters. The average molecular weight is 678 g/mol. The van der Waals surface area contributed by atoms with Gasteiger partial charge in [-0.15, -0.1) is 0 Å². The first-order valence-electron chi connectivity index (χ1n) is 15.1. The highest BCUT2D eigenvalue weighted by molar-refractivity contribution is 7.48. The largest absolute Gasteiger partial charge is 0.480 e. The predicted octanol–water partition coefficient (Wildman–Crippen LogP) is 2.06. The van der Waals surface area contributed by atoms with Crippen LogP contribution in [0.3, 0.4) is 0 Å². The van der Waals surface area contributed by atoms with Crippen molar-refractivity contribution in [2.24, 2.45) is 0 Å². The van der Waals surface area contributed by atoms with E-state index in [1.54, 1.807) is 9.80 Å². The van der Waals surface area contributed by atoms with Crippen molar-refractivity contribution >= 4 is 38.6 Å². The monoisotopic (exact) mass is 677 g/mol. The van der Waals surface area contributed by atoms with E-state index < -0.39 is 51.5 Å². The molecule has 0 saturated heterocycles. The van der Waals surface area contributed by atoms with Gasteiger partial charge < -0.3 is 24.6 Å². The van der Waals surface area contributed by atoms with Crippen molar-refractivity contribution < 1.29 is 52.3 Å². The van der Waals surface area contributed by atoms with Gasteiger partial charge in [0.05, 0.1) is 45.9 Å². The van der Waals surface area contributed by atoms with Gasteiger partial charge in [0.15, 0.2) is 0 Å². The Labute approximate surface area is 274 Å². The summed E-state index contributed by atoms with van der Waals surface area (Å²) in [4.78, 5) is 62.7. The van der Waals surface area contributed by atoms with E-state index in [1.165, 1.54) is 0 Å². The van der Waals surface area contributed by atoms with Crippen LogP contribution in [-0.4, -0.2) is 134 Å². The van der Waals surface area contributed by atoms with Gasteiger partial charge in [-0.3, -0.25) is 37.9 Å². The Balaban J connectivity index is 2.30. The zero-order chi connectivity index (χ0) is 34.5. The van der Waals surface area contributed by atoms with E-state index in [1.807, 2.05) is 60.7 Å². The first-order valence-corrected chi connectivity index (χ1v) is 16.6. The molecule has 3 atom stereocenters. The normalized spacial score (nSPS) is 14.0. The van der Waals surface area contributed by atoms with Crippen molar-refractivity contribution in [3.63, 3.8) is 0 Å². The van der Waals surface area contributed by atoms with Crippen molar-refractivity contribution in [3.05, 3.63) is 71.8 Å². The molecule has 0 radical (unpaired) electrons. The van der Waals surface area contributed by atoms with Gasteiger partial charge in [-0.1, -0.05) is 60.7 Å². The molecule has 0 heterocycles. The lowest BCUT2D eigenvalue weighted by molar-refractivity contribution is -0.143. The molecule has 2 aromatic carbocycles. The van der Waals surface area contributed by atoms with Gasteiger partial charge in [-0.25, -0.2) is 4.57 Å². The number of nitrogens with zero attached hydrogens (tertiary/aromatic N) is 3. The molecule has 0 fully saturated rings. The van der Waals surface area contributed by atoms with Crippen LogP contribution in [0.25, 0.3) is 0 Å². The number of carboxylic acid groups (broad SMARTS) is 2. The van der Waals surface area contributed by atoms with Gasteiger partial charge >= 0.3 is 19.8 Å². The number of hydrogen-bond acceptors (Lipinski definition) is 12. The number of carbonyl (C=O) groups excluding carboxylic acids is 3. The second kappa shape index (κ2) is 22.0. The van der Waals surface area contributed by atoms with Crippen LogP contribution in [0.1, 0.15) is 17.5 Å². The average Bonchev–Trinajstić information content (AvgIpc) is 3.05. The number of carbonyl (C=O) groups is 5. The van der Waals surface area contributed by atoms with Crippen LogP contribution in [0.15, 0.2) is 60.7 Å². The lowest BCUT2D eigenvalue weighted by Gasteiger charge is -2.37. The molecule has 15 heteroatoms. The fourth-order valence-corrected chi connectivity index (χ4v) is 6.03. The summed E-state index contributed by atoms with van der Waals surface area (Å²) in [5.41, 5.74) is 1.97. The minimum atomic E-state index is -4.14. The first-order chi connectivity index (χ1) is 22.6. The maximum Gasteiger partial charge on any atom is 0.474 e. The molecule has 2 aromatic rings. The van der Waals surface area contributed by atoms with Crippen LogP contribution >= 0.6 is 7.82 Å². The molecular weight excluding hydrogens is 633 g/mol. The van der Waals surface area contributed by atoms with Crippen molar-refractivity contribution in [2.75, 3.05) is 66.1 Å². The van der Waals surface area contributed by atoms with E-state index in [9.17, 15) is 38.8 Å². The molecule has 0 bridgehead atoms. The van der Waals surface area contributed by atoms with Crippen LogP contribution in [0, 0.1) is 0 Å². The zero-order valence-electron chi connectivity index (χ0n) is 26.5. The van der Waals surface area contributed by atoms with E-state index in [4.69, 9.17) is 13.6 Å². The van der Waals surface area contributed by atoms with E-state index in [2.05, 4.69) is 0 Å². The Morgan fingerprint density at radius 3 is 1.81 bits per heavy atom. The van der Waals surface area contributed by atoms with Crippen LogP contribution in [0.5, 0.6) is 0 Å². The third-order valence-electron chi connectivity index (χ3n) is 7.26. The number of aryl methyl sites for hydroxylation is 1. The number of aliphatic carboxylic acids is 2. The summed E-state index contributed by atoms with van der Waals surface area (Å²) in [6.07, 6.45) is 3.53. The quantitative estimate of drug-likeness (QED) is 0.0797. The Kier molecular flexibility index (Phi) is 18.6. The smallest absolute Gasteiger partial charge is 0.474 e. The number of carboxylic acids is 2. The molecule has 0 saturated carbocycles. The fraction of sp³-hybridized carbons (Fsp3) is 0.469. The van der Waals surface area contributed by atoms with Crippen molar-refractivity contribution in [1.29, 1.82) is 0 Å². The molecule has 2 rings (SSSR count). The second-order valence-electron chi connectivity index (χ2n) is 10.7. The van der Waals surface area contributed by atoms with Gasteiger partial charge in [-0.2, -0.15) is 0 Å². The van der Waals surface area contributed by atoms with Gasteiger partial charge in [0.2, 0.25) is 0 Å². The topological polar surface area (TPSA) is 180 Å². The summed E-state index contributed by atoms with van der Waals surface area (Å²) >= 11 is 0. The minimum absolute atomic E-state index is 0.0282. The number of benzene rings is 2. The molecular formula is C32H44N3O11P. The minimum Gasteiger partial charge on any atom is -0.480 e. The molecule has 0 aromatic heterocycles. The number of aldehydes is 3. The lowest BCUT2D eigenvalue weighted by atomic mass is 10.0. The van der Waals surface area contributed by atoms with Gasteiger partial charge in [-0.05, 0) is 30.4 Å². The molecule has 258 valence electrons. The molecule has 0 aliphatic rings. The Morgan fingerprint density at radius 1 is 0.766 bits per heavy atom. The SMILES string of the molecule is COP(=O)(OCCCc1ccccc1)OCC(CN(CC=O)CC(Cc1ccccc1)N(CC=O)CC=O)N(CC(=O)O)CC(=O)O. The zero-order valence-corrected chi connectivity index (χ0v) is 27.4. The number of phosphoric acid groups is 1. The van der Waals surface area contributed by atoms with E-state index >= 15 is 0 Å². The van der Waals surface area contributed by atoms with Crippen LogP contribution in [-0.2, 0) is 55.0 Å². The molecule has 0 aliphatic heterocycles. The molecule has 2 N–H and O–H groups in total. The lowest BCUT2D eigenvalue weighted by Crippen LogP contribution is -2.53. The molecule has 14 nitrogen and oxygen atoms in total. The van der Waals surface area contributed by atoms with E-state index in [0.717, 1.165) is 23.1 Å². The van der Waals surface area contributed by atoms with Gasteiger partial charge in [0.1, 0.15) is 18.9 Å². The number of phosphoric ester groups is 1. The predicted molar refractivity (Wildman–Crippen MR) is 172 cm³/mol. The maximum atomic E-state index is 13.3. The third kappa shape index (κ3) is 15.7. The Morgan fingerprint density at radius 2 is 1.30 bits per heavy atom. The van der Waals surface area contributed by atoms with Crippen LogP contribution in [0.4, 0.5) is 0 Å². The van der Waals surface area contributed by atoms with E-state index in [0.29, 0.717) is 38.1 Å². The summed E-state index contributed by atoms with van der Waals surface area (Å²) in [7, 11) is -3.01. The third-order valence-corrected chi connectivity index (χ3v) is 8.67. The summed E-state index contributed by atoms with van der Waals surface area (Å²) in [6, 6.07) is 17.5. The fourth-order valence-electron chi connectivity index (χ4n) is 5.04. The summed E-state index contributed by atoms with van der Waals surface area (Å²) in [5, 5.41) is 19.1. The van der Waals surface area contributed by atoms with Crippen molar-refractivity contribution in [2.45, 2.75) is 31.3 Å². The molecule has 47 heavy (non-hydrogen) atoms. The Bertz CT molecular complexity index is 1260. The summed E-state index contributed by atoms with van der Waals surface area (Å²) in [6.45, 7) is -2.04. The highest BCUT2D eigenvalue weighted by atomic mass is 31.2. The van der Waals surface area contributed by atoms with Crippen molar-refractivity contribution in [3.8, 4) is 0 Å². The molecule has 0 aliphatic carbocycles. The number of hydrogen-bond donors (Lipinski definition) is 2. The van der Waals surface area contributed by atoms with Crippen molar-refractivity contribution in [1.82, 2.24) is 14.7 Å². The highest BCUT2D eigenvalue weighted by Gasteiger charge is 2.32. The standard InChI is InChI=1S/C32H44N3O11P/c1-44-47(43,45-20-8-13-27-9-4-2-5-10-27)46-26-30(35(24-31(39)40)25-32(41)42)23-33(14-17-36)22-29(34(15-18-37)16-19-38)21-28-11-6-3-7-12-28/h2-7,9-12,17-19,29-30H,8,13-16,20-26H2,1H3,(H,39,40)(H,41,42). The second-order valence-corrected chi connectivity index (χ2v) is 12.5. The summed E-state index contributed by atoms with van der Waals surface area (Å²) < 4.78 is 29.5. The Hall–Kier alpha value is -3.62. The highest BCUT2D eigenvalue weighted by Crippen LogP contribution is 2.48.